The Morgan fingerprint density at radius 1 is 1.19 bits per heavy atom. The normalized spacial score (nSPS) is 13.6. The Labute approximate surface area is 153 Å². The molecule has 0 unspecified atom stereocenters. The molecule has 0 fully saturated rings. The fourth-order valence-electron chi connectivity index (χ4n) is 3.20. The molecule has 6 nitrogen and oxygen atoms in total. The molecule has 7 heteroatoms. The molecular formula is C19H22N2O4S. The Morgan fingerprint density at radius 2 is 1.92 bits per heavy atom. The van der Waals surface area contributed by atoms with E-state index < -0.39 is 10.0 Å². The number of amides is 1. The van der Waals surface area contributed by atoms with E-state index in [1.165, 1.54) is 0 Å². The fourth-order valence-corrected chi connectivity index (χ4v) is 4.48. The lowest BCUT2D eigenvalue weighted by Gasteiger charge is -2.18. The molecule has 3 rings (SSSR count). The summed E-state index contributed by atoms with van der Waals surface area (Å²) in [5, 5.41) is 0. The second-order valence-electron chi connectivity index (χ2n) is 6.34. The zero-order chi connectivity index (χ0) is 18.9. The SMILES string of the molecule is COc1cc(C)c(S(=O)(=O)NCC(=O)N2CCc3ccccc32)cc1C. The molecule has 0 bridgehead atoms. The van der Waals surface area contributed by atoms with Crippen LogP contribution in [0.3, 0.4) is 0 Å². The molecule has 0 aromatic heterocycles. The molecule has 138 valence electrons. The maximum Gasteiger partial charge on any atom is 0.242 e. The molecule has 1 N–H and O–H groups in total. The first kappa shape index (κ1) is 18.4. The standard InChI is InChI=1S/C19H22N2O4S/c1-13-11-18(14(2)10-17(13)25-3)26(23,24)20-12-19(22)21-9-8-15-6-4-5-7-16(15)21/h4-7,10-11,20H,8-9,12H2,1-3H3. The molecule has 0 atom stereocenters. The Hall–Kier alpha value is -2.38. The van der Waals surface area contributed by atoms with Crippen molar-refractivity contribution in [1.82, 2.24) is 4.72 Å². The summed E-state index contributed by atoms with van der Waals surface area (Å²) in [5.41, 5.74) is 3.25. The number of ether oxygens (including phenoxy) is 1. The first-order valence-corrected chi connectivity index (χ1v) is 9.85. The van der Waals surface area contributed by atoms with E-state index in [4.69, 9.17) is 4.74 Å². The second kappa shape index (κ2) is 7.09. The van der Waals surface area contributed by atoms with Crippen LogP contribution < -0.4 is 14.4 Å². The van der Waals surface area contributed by atoms with Crippen LogP contribution in [-0.4, -0.2) is 34.5 Å². The van der Waals surface area contributed by atoms with Gasteiger partial charge in [-0.3, -0.25) is 4.79 Å². The van der Waals surface area contributed by atoms with E-state index in [0.717, 1.165) is 23.2 Å². The van der Waals surface area contributed by atoms with Gasteiger partial charge in [0.15, 0.2) is 0 Å². The van der Waals surface area contributed by atoms with E-state index in [1.54, 1.807) is 38.0 Å². The number of anilines is 1. The Balaban J connectivity index is 1.75. The fraction of sp³-hybridized carbons (Fsp3) is 0.316. The quantitative estimate of drug-likeness (QED) is 0.870. The molecule has 1 aliphatic heterocycles. The Morgan fingerprint density at radius 3 is 2.65 bits per heavy atom. The summed E-state index contributed by atoms with van der Waals surface area (Å²) in [5.74, 6) is 0.368. The highest BCUT2D eigenvalue weighted by atomic mass is 32.2. The van der Waals surface area contributed by atoms with Crippen molar-refractivity contribution in [3.05, 3.63) is 53.1 Å². The summed E-state index contributed by atoms with van der Waals surface area (Å²) in [7, 11) is -2.25. The van der Waals surface area contributed by atoms with Gasteiger partial charge in [0.05, 0.1) is 18.6 Å². The number of methoxy groups -OCH3 is 1. The number of hydrogen-bond acceptors (Lipinski definition) is 4. The van der Waals surface area contributed by atoms with E-state index >= 15 is 0 Å². The van der Waals surface area contributed by atoms with Crippen LogP contribution in [0.2, 0.25) is 0 Å². The number of sulfonamides is 1. The zero-order valence-corrected chi connectivity index (χ0v) is 15.9. The number of para-hydroxylation sites is 1. The highest BCUT2D eigenvalue weighted by Gasteiger charge is 2.26. The minimum absolute atomic E-state index is 0.158. The van der Waals surface area contributed by atoms with Gasteiger partial charge in [0.25, 0.3) is 0 Å². The molecular weight excluding hydrogens is 352 g/mol. The third-order valence-electron chi connectivity index (χ3n) is 4.58. The lowest BCUT2D eigenvalue weighted by Crippen LogP contribution is -2.39. The van der Waals surface area contributed by atoms with Crippen LogP contribution in [0.25, 0.3) is 0 Å². The van der Waals surface area contributed by atoms with Crippen LogP contribution in [0.4, 0.5) is 5.69 Å². The van der Waals surface area contributed by atoms with Gasteiger partial charge >= 0.3 is 0 Å². The number of carbonyl (C=O) groups excluding carboxylic acids is 1. The number of fused-ring (bicyclic) bond motifs is 1. The van der Waals surface area contributed by atoms with Gasteiger partial charge in [-0.2, -0.15) is 0 Å². The van der Waals surface area contributed by atoms with Crippen molar-refractivity contribution in [2.75, 3.05) is 25.1 Å². The van der Waals surface area contributed by atoms with E-state index in [-0.39, 0.29) is 17.3 Å². The number of aryl methyl sites for hydroxylation is 2. The van der Waals surface area contributed by atoms with Gasteiger partial charge in [-0.1, -0.05) is 18.2 Å². The summed E-state index contributed by atoms with van der Waals surface area (Å²) < 4.78 is 32.9. The molecule has 26 heavy (non-hydrogen) atoms. The van der Waals surface area contributed by atoms with E-state index in [1.807, 2.05) is 24.3 Å². The summed E-state index contributed by atoms with van der Waals surface area (Å²) in [4.78, 5) is 14.3. The maximum absolute atomic E-state index is 12.6. The molecule has 1 aliphatic rings. The lowest BCUT2D eigenvalue weighted by molar-refractivity contribution is -0.117. The number of benzene rings is 2. The summed E-state index contributed by atoms with van der Waals surface area (Å²) in [6.07, 6.45) is 0.783. The minimum atomic E-state index is -3.79. The molecule has 0 spiro atoms. The highest BCUT2D eigenvalue weighted by molar-refractivity contribution is 7.89. The van der Waals surface area contributed by atoms with Gasteiger partial charge < -0.3 is 9.64 Å². The van der Waals surface area contributed by atoms with Crippen LogP contribution in [-0.2, 0) is 21.2 Å². The van der Waals surface area contributed by atoms with Crippen LogP contribution >= 0.6 is 0 Å². The number of nitrogens with one attached hydrogen (secondary N) is 1. The molecule has 0 aliphatic carbocycles. The summed E-state index contributed by atoms with van der Waals surface area (Å²) >= 11 is 0. The first-order chi connectivity index (χ1) is 12.3. The third-order valence-corrected chi connectivity index (χ3v) is 6.13. The monoisotopic (exact) mass is 374 g/mol. The molecule has 1 amide bonds. The first-order valence-electron chi connectivity index (χ1n) is 8.36. The number of rotatable bonds is 5. The van der Waals surface area contributed by atoms with E-state index in [0.29, 0.717) is 17.9 Å². The van der Waals surface area contributed by atoms with Gasteiger partial charge in [-0.25, -0.2) is 13.1 Å². The lowest BCUT2D eigenvalue weighted by atomic mass is 10.1. The van der Waals surface area contributed by atoms with Gasteiger partial charge in [-0.15, -0.1) is 0 Å². The Bertz CT molecular complexity index is 954. The van der Waals surface area contributed by atoms with Crippen molar-refractivity contribution in [3.8, 4) is 5.75 Å². The van der Waals surface area contributed by atoms with Crippen molar-refractivity contribution in [1.29, 1.82) is 0 Å². The average molecular weight is 374 g/mol. The maximum atomic E-state index is 12.6. The molecule has 2 aromatic rings. The van der Waals surface area contributed by atoms with E-state index in [9.17, 15) is 13.2 Å². The topological polar surface area (TPSA) is 75.7 Å². The van der Waals surface area contributed by atoms with Gasteiger partial charge in [0, 0.05) is 12.2 Å². The van der Waals surface area contributed by atoms with Crippen molar-refractivity contribution in [3.63, 3.8) is 0 Å². The summed E-state index contributed by atoms with van der Waals surface area (Å²) in [6, 6.07) is 10.9. The zero-order valence-electron chi connectivity index (χ0n) is 15.1. The minimum Gasteiger partial charge on any atom is -0.496 e. The molecule has 1 heterocycles. The smallest absolute Gasteiger partial charge is 0.242 e. The van der Waals surface area contributed by atoms with Gasteiger partial charge in [0.1, 0.15) is 5.75 Å². The molecule has 0 radical (unpaired) electrons. The van der Waals surface area contributed by atoms with E-state index in [2.05, 4.69) is 4.72 Å². The molecule has 0 saturated heterocycles. The predicted molar refractivity (Wildman–Crippen MR) is 100 cm³/mol. The predicted octanol–water partition coefficient (Wildman–Crippen LogP) is 2.18. The van der Waals surface area contributed by atoms with Crippen LogP contribution in [0, 0.1) is 13.8 Å². The van der Waals surface area contributed by atoms with Gasteiger partial charge in [-0.05, 0) is 55.2 Å². The number of nitrogens with zero attached hydrogens (tertiary/aromatic N) is 1. The van der Waals surface area contributed by atoms with Gasteiger partial charge in [0.2, 0.25) is 15.9 Å². The van der Waals surface area contributed by atoms with Crippen molar-refractivity contribution >= 4 is 21.6 Å². The second-order valence-corrected chi connectivity index (χ2v) is 8.07. The Kier molecular flexibility index (Phi) is 5.02. The highest BCUT2D eigenvalue weighted by Crippen LogP contribution is 2.28. The summed E-state index contributed by atoms with van der Waals surface area (Å²) in [6.45, 7) is 3.78. The molecule has 0 saturated carbocycles. The van der Waals surface area contributed by atoms with Crippen molar-refractivity contribution in [2.45, 2.75) is 25.2 Å². The number of carbonyl (C=O) groups is 1. The third kappa shape index (κ3) is 3.45. The average Bonchev–Trinajstić information content (AvgIpc) is 3.05. The van der Waals surface area contributed by atoms with Crippen molar-refractivity contribution in [2.24, 2.45) is 0 Å². The largest absolute Gasteiger partial charge is 0.496 e. The number of hydrogen-bond donors (Lipinski definition) is 1. The van der Waals surface area contributed by atoms with Crippen molar-refractivity contribution < 1.29 is 17.9 Å². The van der Waals surface area contributed by atoms with Crippen LogP contribution in [0.15, 0.2) is 41.3 Å². The van der Waals surface area contributed by atoms with Crippen LogP contribution in [0.1, 0.15) is 16.7 Å². The molecule has 2 aromatic carbocycles. The van der Waals surface area contributed by atoms with Crippen LogP contribution in [0.5, 0.6) is 5.75 Å².